The first-order chi connectivity index (χ1) is 7.77. The van der Waals surface area contributed by atoms with Gasteiger partial charge in [-0.25, -0.2) is 0 Å². The largest absolute Gasteiger partial charge is 0.426 e. The number of para-hydroxylation sites is 1. The molecule has 0 atom stereocenters. The van der Waals surface area contributed by atoms with E-state index in [0.29, 0.717) is 5.75 Å². The van der Waals surface area contributed by atoms with Crippen molar-refractivity contribution < 1.29 is 9.53 Å². The molecule has 1 aromatic carbocycles. The summed E-state index contributed by atoms with van der Waals surface area (Å²) in [4.78, 5) is 11.9. The predicted molar refractivity (Wildman–Crippen MR) is 65.4 cm³/mol. The molecule has 0 saturated carbocycles. The summed E-state index contributed by atoms with van der Waals surface area (Å²) >= 11 is 0. The van der Waals surface area contributed by atoms with E-state index in [2.05, 4.69) is 13.8 Å². The molecule has 0 aliphatic carbocycles. The fourth-order valence-corrected chi connectivity index (χ4v) is 1.76. The molecule has 88 valence electrons. The second-order valence-corrected chi connectivity index (χ2v) is 4.01. The Bertz CT molecular complexity index is 300. The van der Waals surface area contributed by atoms with Gasteiger partial charge >= 0.3 is 5.97 Å². The van der Waals surface area contributed by atoms with Gasteiger partial charge in [-0.05, 0) is 25.0 Å². The lowest BCUT2D eigenvalue weighted by molar-refractivity contribution is -0.139. The maximum Gasteiger partial charge on any atom is 0.314 e. The average molecular weight is 220 g/mol. The van der Waals surface area contributed by atoms with Gasteiger partial charge in [-0.1, -0.05) is 44.9 Å². The van der Waals surface area contributed by atoms with Crippen LogP contribution in [0.25, 0.3) is 0 Å². The molecule has 1 aromatic rings. The lowest BCUT2D eigenvalue weighted by Gasteiger charge is -2.13. The van der Waals surface area contributed by atoms with Gasteiger partial charge in [0.25, 0.3) is 0 Å². The van der Waals surface area contributed by atoms with Crippen molar-refractivity contribution in [2.75, 3.05) is 0 Å². The van der Waals surface area contributed by atoms with Crippen LogP contribution in [0.15, 0.2) is 30.3 Å². The Hall–Kier alpha value is -1.31. The summed E-state index contributed by atoms with van der Waals surface area (Å²) in [6, 6.07) is 9.28. The van der Waals surface area contributed by atoms with Gasteiger partial charge in [0.05, 0.1) is 5.92 Å². The van der Waals surface area contributed by atoms with Gasteiger partial charge < -0.3 is 4.74 Å². The van der Waals surface area contributed by atoms with E-state index in [0.717, 1.165) is 25.7 Å². The topological polar surface area (TPSA) is 26.3 Å². The smallest absolute Gasteiger partial charge is 0.314 e. The van der Waals surface area contributed by atoms with Crippen molar-refractivity contribution in [1.29, 1.82) is 0 Å². The summed E-state index contributed by atoms with van der Waals surface area (Å²) in [6.45, 7) is 4.19. The van der Waals surface area contributed by atoms with E-state index in [1.54, 1.807) is 0 Å². The molecule has 0 aliphatic heterocycles. The molecule has 0 aromatic heterocycles. The third-order valence-corrected chi connectivity index (χ3v) is 2.57. The number of esters is 1. The number of rotatable bonds is 6. The van der Waals surface area contributed by atoms with Crippen molar-refractivity contribution in [3.63, 3.8) is 0 Å². The van der Waals surface area contributed by atoms with E-state index in [1.807, 2.05) is 30.3 Å². The van der Waals surface area contributed by atoms with E-state index in [4.69, 9.17) is 4.74 Å². The van der Waals surface area contributed by atoms with E-state index < -0.39 is 0 Å². The summed E-state index contributed by atoms with van der Waals surface area (Å²) in [6.07, 6.45) is 3.88. The van der Waals surface area contributed by atoms with E-state index in [1.165, 1.54) is 0 Å². The first kappa shape index (κ1) is 12.8. The van der Waals surface area contributed by atoms with Crippen LogP contribution in [-0.2, 0) is 4.79 Å². The minimum atomic E-state index is -0.0881. The van der Waals surface area contributed by atoms with Gasteiger partial charge in [0.15, 0.2) is 0 Å². The zero-order valence-corrected chi connectivity index (χ0v) is 10.1. The first-order valence-electron chi connectivity index (χ1n) is 6.04. The highest BCUT2D eigenvalue weighted by Crippen LogP contribution is 2.18. The summed E-state index contributed by atoms with van der Waals surface area (Å²) in [5.41, 5.74) is 0. The predicted octanol–water partition coefficient (Wildman–Crippen LogP) is 3.81. The van der Waals surface area contributed by atoms with Gasteiger partial charge in [-0.3, -0.25) is 4.79 Å². The first-order valence-corrected chi connectivity index (χ1v) is 6.04. The number of ether oxygens (including phenoxy) is 1. The molecule has 0 N–H and O–H groups in total. The monoisotopic (exact) mass is 220 g/mol. The van der Waals surface area contributed by atoms with Crippen molar-refractivity contribution in [2.24, 2.45) is 5.92 Å². The molecule has 2 nitrogen and oxygen atoms in total. The van der Waals surface area contributed by atoms with Crippen molar-refractivity contribution in [1.82, 2.24) is 0 Å². The fourth-order valence-electron chi connectivity index (χ4n) is 1.76. The Kier molecular flexibility index (Phi) is 5.62. The molecule has 0 spiro atoms. The molecular formula is C14H20O2. The van der Waals surface area contributed by atoms with Gasteiger partial charge in [-0.15, -0.1) is 0 Å². The highest BCUT2D eigenvalue weighted by atomic mass is 16.5. The number of benzene rings is 1. The molecule has 0 bridgehead atoms. The number of carbonyl (C=O) groups excluding carboxylic acids is 1. The van der Waals surface area contributed by atoms with Crippen molar-refractivity contribution in [3.05, 3.63) is 30.3 Å². The maximum absolute atomic E-state index is 11.9. The van der Waals surface area contributed by atoms with Crippen molar-refractivity contribution in [2.45, 2.75) is 39.5 Å². The van der Waals surface area contributed by atoms with Gasteiger partial charge in [0.2, 0.25) is 0 Å². The molecule has 0 fully saturated rings. The highest BCUT2D eigenvalue weighted by Gasteiger charge is 2.18. The molecule has 0 unspecified atom stereocenters. The van der Waals surface area contributed by atoms with Gasteiger partial charge in [0, 0.05) is 0 Å². The zero-order chi connectivity index (χ0) is 11.8. The molecule has 0 radical (unpaired) electrons. The molecule has 16 heavy (non-hydrogen) atoms. The summed E-state index contributed by atoms with van der Waals surface area (Å²) in [7, 11) is 0. The number of hydrogen-bond donors (Lipinski definition) is 0. The minimum Gasteiger partial charge on any atom is -0.426 e. The van der Waals surface area contributed by atoms with Gasteiger partial charge in [-0.2, -0.15) is 0 Å². The molecular weight excluding hydrogens is 200 g/mol. The molecule has 0 saturated heterocycles. The minimum absolute atomic E-state index is 0.0511. The molecule has 0 amide bonds. The van der Waals surface area contributed by atoms with E-state index >= 15 is 0 Å². The standard InChI is InChI=1S/C14H20O2/c1-3-8-12(9-4-2)14(15)16-13-10-6-5-7-11-13/h5-7,10-12H,3-4,8-9H2,1-2H3. The third kappa shape index (κ3) is 4.05. The van der Waals surface area contributed by atoms with Crippen LogP contribution in [0, 0.1) is 5.92 Å². The van der Waals surface area contributed by atoms with Crippen LogP contribution in [0.5, 0.6) is 5.75 Å². The fraction of sp³-hybridized carbons (Fsp3) is 0.500. The molecule has 0 heterocycles. The van der Waals surface area contributed by atoms with Gasteiger partial charge in [0.1, 0.15) is 5.75 Å². The normalized spacial score (nSPS) is 10.4. The van der Waals surface area contributed by atoms with E-state index in [-0.39, 0.29) is 11.9 Å². The lowest BCUT2D eigenvalue weighted by Crippen LogP contribution is -2.20. The summed E-state index contributed by atoms with van der Waals surface area (Å²) in [5.74, 6) is 0.606. The Balaban J connectivity index is 2.55. The maximum atomic E-state index is 11.9. The zero-order valence-electron chi connectivity index (χ0n) is 10.1. The Labute approximate surface area is 97.6 Å². The average Bonchev–Trinajstić information content (AvgIpc) is 2.30. The highest BCUT2D eigenvalue weighted by molar-refractivity contribution is 5.75. The SMILES string of the molecule is CCCC(CCC)C(=O)Oc1ccccc1. The van der Waals surface area contributed by atoms with Crippen molar-refractivity contribution in [3.8, 4) is 5.75 Å². The lowest BCUT2D eigenvalue weighted by atomic mass is 9.99. The second-order valence-electron chi connectivity index (χ2n) is 4.01. The Morgan fingerprint density at radius 1 is 1.12 bits per heavy atom. The van der Waals surface area contributed by atoms with Crippen LogP contribution in [0.1, 0.15) is 39.5 Å². The second kappa shape index (κ2) is 7.04. The molecule has 1 rings (SSSR count). The van der Waals surface area contributed by atoms with Crippen LogP contribution in [0.3, 0.4) is 0 Å². The quantitative estimate of drug-likeness (QED) is 0.538. The Morgan fingerprint density at radius 3 is 2.19 bits per heavy atom. The van der Waals surface area contributed by atoms with Crippen LogP contribution in [0.4, 0.5) is 0 Å². The summed E-state index contributed by atoms with van der Waals surface area (Å²) in [5, 5.41) is 0. The van der Waals surface area contributed by atoms with Crippen LogP contribution < -0.4 is 4.74 Å². The summed E-state index contributed by atoms with van der Waals surface area (Å²) < 4.78 is 5.34. The Morgan fingerprint density at radius 2 is 1.69 bits per heavy atom. The van der Waals surface area contributed by atoms with Crippen LogP contribution in [0.2, 0.25) is 0 Å². The third-order valence-electron chi connectivity index (χ3n) is 2.57. The number of hydrogen-bond acceptors (Lipinski definition) is 2. The van der Waals surface area contributed by atoms with Crippen molar-refractivity contribution >= 4 is 5.97 Å². The number of carbonyl (C=O) groups is 1. The van der Waals surface area contributed by atoms with Crippen LogP contribution in [-0.4, -0.2) is 5.97 Å². The van der Waals surface area contributed by atoms with Crippen LogP contribution >= 0.6 is 0 Å². The molecule has 2 heteroatoms. The van der Waals surface area contributed by atoms with E-state index in [9.17, 15) is 4.79 Å². The molecule has 0 aliphatic rings.